The molecule has 0 radical (unpaired) electrons. The maximum Gasteiger partial charge on any atom is 0.224 e. The molecule has 0 fully saturated rings. The second-order valence-corrected chi connectivity index (χ2v) is 3.12. The third kappa shape index (κ3) is 4.34. The molecule has 0 aromatic carbocycles. The lowest BCUT2D eigenvalue weighted by atomic mass is 10.1. The van der Waals surface area contributed by atoms with Crippen LogP contribution in [0.25, 0.3) is 0 Å². The fourth-order valence-corrected chi connectivity index (χ4v) is 0.837. The molecule has 0 aliphatic heterocycles. The highest BCUT2D eigenvalue weighted by Crippen LogP contribution is 2.01. The zero-order chi connectivity index (χ0) is 9.56. The molecule has 0 saturated carbocycles. The highest BCUT2D eigenvalue weighted by Gasteiger charge is 2.12. The lowest BCUT2D eigenvalue weighted by Gasteiger charge is -2.14. The van der Waals surface area contributed by atoms with Crippen molar-refractivity contribution in [3.05, 3.63) is 0 Å². The van der Waals surface area contributed by atoms with Crippen molar-refractivity contribution in [1.82, 2.24) is 5.32 Å². The number of hydrogen-bond donors (Lipinski definition) is 2. The van der Waals surface area contributed by atoms with E-state index in [4.69, 9.17) is 0 Å². The molecule has 0 spiro atoms. The third-order valence-electron chi connectivity index (χ3n) is 1.93. The number of carbonyl (C=O) groups excluding carboxylic acids is 1. The number of rotatable bonds is 5. The van der Waals surface area contributed by atoms with E-state index < -0.39 is 6.23 Å². The number of aliphatic hydroxyl groups is 1. The van der Waals surface area contributed by atoms with Crippen molar-refractivity contribution in [2.45, 2.75) is 46.3 Å². The Labute approximate surface area is 74.2 Å². The van der Waals surface area contributed by atoms with Crippen LogP contribution in [0.2, 0.25) is 0 Å². The minimum absolute atomic E-state index is 0.00324. The van der Waals surface area contributed by atoms with Crippen LogP contribution < -0.4 is 5.32 Å². The number of nitrogens with one attached hydrogen (secondary N) is 1. The molecule has 0 bridgehead atoms. The lowest BCUT2D eigenvalue weighted by Crippen LogP contribution is -2.37. The summed E-state index contributed by atoms with van der Waals surface area (Å²) in [5, 5.41) is 11.8. The van der Waals surface area contributed by atoms with Crippen LogP contribution >= 0.6 is 0 Å². The average Bonchev–Trinajstić information content (AvgIpc) is 2.03. The van der Waals surface area contributed by atoms with Gasteiger partial charge in [-0.15, -0.1) is 0 Å². The van der Waals surface area contributed by atoms with Crippen LogP contribution in [0, 0.1) is 5.92 Å². The van der Waals surface area contributed by atoms with E-state index in [-0.39, 0.29) is 11.8 Å². The Morgan fingerprint density at radius 2 is 2.08 bits per heavy atom. The van der Waals surface area contributed by atoms with Gasteiger partial charge in [0.1, 0.15) is 6.23 Å². The molecular weight excluding hydrogens is 154 g/mol. The van der Waals surface area contributed by atoms with Crippen LogP contribution in [0.3, 0.4) is 0 Å². The van der Waals surface area contributed by atoms with Crippen molar-refractivity contribution < 1.29 is 9.90 Å². The molecule has 2 unspecified atom stereocenters. The van der Waals surface area contributed by atoms with E-state index in [0.29, 0.717) is 6.42 Å². The van der Waals surface area contributed by atoms with Crippen LogP contribution in [0.4, 0.5) is 0 Å². The molecule has 2 atom stereocenters. The quantitative estimate of drug-likeness (QED) is 0.615. The van der Waals surface area contributed by atoms with Crippen LogP contribution in [0.15, 0.2) is 0 Å². The summed E-state index contributed by atoms with van der Waals surface area (Å²) >= 11 is 0. The van der Waals surface area contributed by atoms with Gasteiger partial charge in [0.2, 0.25) is 5.91 Å². The number of carbonyl (C=O) groups is 1. The van der Waals surface area contributed by atoms with E-state index in [0.717, 1.165) is 12.8 Å². The van der Waals surface area contributed by atoms with Crippen LogP contribution in [0.1, 0.15) is 40.0 Å². The first kappa shape index (κ1) is 11.4. The summed E-state index contributed by atoms with van der Waals surface area (Å²) in [6, 6.07) is 0. The summed E-state index contributed by atoms with van der Waals surface area (Å²) in [6.45, 7) is 5.78. The smallest absolute Gasteiger partial charge is 0.224 e. The van der Waals surface area contributed by atoms with Gasteiger partial charge in [-0.1, -0.05) is 27.2 Å². The Morgan fingerprint density at radius 3 is 2.50 bits per heavy atom. The standard InChI is InChI=1S/C9H19NO2/c1-4-6-8(11)10-9(12)7(3)5-2/h7-8,11H,4-6H2,1-3H3,(H,10,12). The molecule has 3 heteroatoms. The highest BCUT2D eigenvalue weighted by atomic mass is 16.3. The van der Waals surface area contributed by atoms with Crippen molar-refractivity contribution >= 4 is 5.91 Å². The van der Waals surface area contributed by atoms with Crippen molar-refractivity contribution in [3.63, 3.8) is 0 Å². The summed E-state index contributed by atoms with van der Waals surface area (Å²) < 4.78 is 0. The fraction of sp³-hybridized carbons (Fsp3) is 0.889. The fourth-order valence-electron chi connectivity index (χ4n) is 0.837. The van der Waals surface area contributed by atoms with E-state index >= 15 is 0 Å². The molecule has 0 aromatic heterocycles. The first-order valence-corrected chi connectivity index (χ1v) is 4.60. The molecule has 0 rings (SSSR count). The summed E-state index contributed by atoms with van der Waals surface area (Å²) in [5.41, 5.74) is 0. The average molecular weight is 173 g/mol. The first-order chi connectivity index (χ1) is 5.61. The van der Waals surface area contributed by atoms with Gasteiger partial charge < -0.3 is 10.4 Å². The third-order valence-corrected chi connectivity index (χ3v) is 1.93. The largest absolute Gasteiger partial charge is 0.374 e. The van der Waals surface area contributed by atoms with Gasteiger partial charge >= 0.3 is 0 Å². The van der Waals surface area contributed by atoms with Crippen LogP contribution in [0.5, 0.6) is 0 Å². The second kappa shape index (κ2) is 6.00. The zero-order valence-electron chi connectivity index (χ0n) is 8.13. The van der Waals surface area contributed by atoms with Gasteiger partial charge in [0.25, 0.3) is 0 Å². The van der Waals surface area contributed by atoms with Gasteiger partial charge in [0.15, 0.2) is 0 Å². The highest BCUT2D eigenvalue weighted by molar-refractivity contribution is 5.78. The molecule has 12 heavy (non-hydrogen) atoms. The van der Waals surface area contributed by atoms with E-state index in [1.165, 1.54) is 0 Å². The Hall–Kier alpha value is -0.570. The van der Waals surface area contributed by atoms with Crippen molar-refractivity contribution in [1.29, 1.82) is 0 Å². The van der Waals surface area contributed by atoms with Gasteiger partial charge in [-0.25, -0.2) is 0 Å². The van der Waals surface area contributed by atoms with Gasteiger partial charge in [-0.05, 0) is 12.8 Å². The predicted molar refractivity (Wildman–Crippen MR) is 48.5 cm³/mol. The van der Waals surface area contributed by atoms with Gasteiger partial charge in [-0.3, -0.25) is 4.79 Å². The molecule has 0 aliphatic carbocycles. The molecular formula is C9H19NO2. The molecule has 0 aromatic rings. The lowest BCUT2D eigenvalue weighted by molar-refractivity contribution is -0.127. The van der Waals surface area contributed by atoms with Crippen LogP contribution in [-0.2, 0) is 4.79 Å². The van der Waals surface area contributed by atoms with Crippen molar-refractivity contribution in [2.24, 2.45) is 5.92 Å². The Kier molecular flexibility index (Phi) is 5.72. The summed E-state index contributed by atoms with van der Waals surface area (Å²) in [7, 11) is 0. The molecule has 72 valence electrons. The van der Waals surface area contributed by atoms with Crippen molar-refractivity contribution in [3.8, 4) is 0 Å². The minimum Gasteiger partial charge on any atom is -0.374 e. The maximum atomic E-state index is 11.2. The Balaban J connectivity index is 3.67. The first-order valence-electron chi connectivity index (χ1n) is 4.60. The molecule has 2 N–H and O–H groups in total. The summed E-state index contributed by atoms with van der Waals surface area (Å²) in [6.07, 6.45) is 1.64. The van der Waals surface area contributed by atoms with Crippen LogP contribution in [-0.4, -0.2) is 17.2 Å². The normalized spacial score (nSPS) is 15.3. The van der Waals surface area contributed by atoms with E-state index in [2.05, 4.69) is 5.32 Å². The molecule has 3 nitrogen and oxygen atoms in total. The number of amides is 1. The molecule has 0 saturated heterocycles. The van der Waals surface area contributed by atoms with Gasteiger partial charge in [0.05, 0.1) is 0 Å². The summed E-state index contributed by atoms with van der Waals surface area (Å²) in [5.74, 6) is -0.0602. The number of hydrogen-bond acceptors (Lipinski definition) is 2. The van der Waals surface area contributed by atoms with E-state index in [9.17, 15) is 9.90 Å². The van der Waals surface area contributed by atoms with E-state index in [1.807, 2.05) is 20.8 Å². The maximum absolute atomic E-state index is 11.2. The second-order valence-electron chi connectivity index (χ2n) is 3.12. The Bertz CT molecular complexity index is 136. The van der Waals surface area contributed by atoms with Gasteiger partial charge in [0, 0.05) is 5.92 Å². The number of aliphatic hydroxyl groups excluding tert-OH is 1. The summed E-state index contributed by atoms with van der Waals surface area (Å²) in [4.78, 5) is 11.2. The topological polar surface area (TPSA) is 49.3 Å². The van der Waals surface area contributed by atoms with E-state index in [1.54, 1.807) is 0 Å². The molecule has 0 aliphatic rings. The Morgan fingerprint density at radius 1 is 1.50 bits per heavy atom. The van der Waals surface area contributed by atoms with Crippen molar-refractivity contribution in [2.75, 3.05) is 0 Å². The monoisotopic (exact) mass is 173 g/mol. The minimum atomic E-state index is -0.670. The predicted octanol–water partition coefficient (Wildman–Crippen LogP) is 1.27. The zero-order valence-corrected chi connectivity index (χ0v) is 8.13. The molecule has 1 amide bonds. The molecule has 0 heterocycles. The SMILES string of the molecule is CCCC(O)NC(=O)C(C)CC. The van der Waals surface area contributed by atoms with Gasteiger partial charge in [-0.2, -0.15) is 0 Å².